The van der Waals surface area contributed by atoms with Crippen LogP contribution in [0.4, 0.5) is 0 Å². The van der Waals surface area contributed by atoms with E-state index in [0.29, 0.717) is 12.8 Å². The van der Waals surface area contributed by atoms with Crippen molar-refractivity contribution < 1.29 is 23.9 Å². The summed E-state index contributed by atoms with van der Waals surface area (Å²) in [5.41, 5.74) is -1.90. The van der Waals surface area contributed by atoms with E-state index in [1.165, 1.54) is 14.0 Å². The smallest absolute Gasteiger partial charge is 0.312 e. The first-order valence-corrected chi connectivity index (χ1v) is 14.4. The van der Waals surface area contributed by atoms with E-state index in [2.05, 4.69) is 32.2 Å². The molecule has 5 rings (SSSR count). The zero-order valence-electron chi connectivity index (χ0n) is 24.4. The molecule has 3 fully saturated rings. The van der Waals surface area contributed by atoms with E-state index >= 15 is 0 Å². The number of fused-ring (bicyclic) bond motifs is 7. The van der Waals surface area contributed by atoms with Gasteiger partial charge in [-0.25, -0.2) is 0 Å². The average Bonchev–Trinajstić information content (AvgIpc) is 2.86. The number of allylic oxidation sites excluding steroid dienone is 3. The van der Waals surface area contributed by atoms with E-state index in [1.54, 1.807) is 19.1 Å². The number of Topliss-reactive ketones (excluding diaryl/α,β-unsaturated/α-hetero) is 1. The molecule has 0 aromatic heterocycles. The van der Waals surface area contributed by atoms with Crippen molar-refractivity contribution in [3.63, 3.8) is 0 Å². The number of hydrogen-bond donors (Lipinski definition) is 1. The molecule has 0 aromatic rings. The molecule has 3 saturated carbocycles. The molecule has 7 nitrogen and oxygen atoms in total. The predicted octanol–water partition coefficient (Wildman–Crippen LogP) is 4.86. The van der Waals surface area contributed by atoms with E-state index in [1.807, 2.05) is 6.92 Å². The van der Waals surface area contributed by atoms with E-state index < -0.39 is 16.4 Å². The standard InChI is InChI=1S/C32H42N2O5/c1-18(35)34-31(6)23-9-10-29(4)20-8-11-32(27(38)39-7)13-12-28(2,3)16-21(32)25(20)22(36)14-24(29)30(23,5)15-19(17-33)26(31)37/h14-15,20-21,23,25H,8-13,16H2,1-7H3,(H,34,35)/t20?,21?,23?,25?,29-,30-,31-,32+/m0/s1. The summed E-state index contributed by atoms with van der Waals surface area (Å²) in [6.07, 6.45) is 8.97. The Bertz CT molecular complexity index is 1270. The molecule has 4 unspecified atom stereocenters. The fourth-order valence-electron chi connectivity index (χ4n) is 10.1. The van der Waals surface area contributed by atoms with E-state index in [9.17, 15) is 24.4 Å². The molecular formula is C32H42N2O5. The minimum absolute atomic E-state index is 0.0344. The molecule has 7 heteroatoms. The van der Waals surface area contributed by atoms with Crippen LogP contribution in [-0.2, 0) is 23.9 Å². The van der Waals surface area contributed by atoms with E-state index in [-0.39, 0.29) is 63.5 Å². The molecule has 1 amide bonds. The number of nitrogens with one attached hydrogen (secondary N) is 1. The first kappa shape index (κ1) is 27.8. The maximum absolute atomic E-state index is 14.3. The van der Waals surface area contributed by atoms with Crippen LogP contribution in [0.5, 0.6) is 0 Å². The van der Waals surface area contributed by atoms with Gasteiger partial charge in [-0.15, -0.1) is 0 Å². The van der Waals surface area contributed by atoms with Gasteiger partial charge in [-0.3, -0.25) is 19.2 Å². The highest BCUT2D eigenvalue weighted by Crippen LogP contribution is 2.69. The maximum atomic E-state index is 14.3. The molecule has 0 bridgehead atoms. The first-order chi connectivity index (χ1) is 18.1. The Balaban J connectivity index is 1.66. The summed E-state index contributed by atoms with van der Waals surface area (Å²) in [5.74, 6) is -1.38. The van der Waals surface area contributed by atoms with Crippen LogP contribution in [-0.4, -0.2) is 36.1 Å². The molecule has 1 N–H and O–H groups in total. The SMILES string of the molecule is COC(=O)[C@@]12CCC3C(C(=O)C=C4[C@@]5(C)C=C(C#N)C(=O)[C@@](C)(NC(C)=O)C5CC[C@]43C)C1CC(C)(C)CC2. The van der Waals surface area contributed by atoms with Gasteiger partial charge < -0.3 is 10.1 Å². The third kappa shape index (κ3) is 3.66. The van der Waals surface area contributed by atoms with Gasteiger partial charge in [0.25, 0.3) is 0 Å². The number of amides is 1. The molecule has 210 valence electrons. The molecule has 0 spiro atoms. The number of carbonyl (C=O) groups is 4. The summed E-state index contributed by atoms with van der Waals surface area (Å²) < 4.78 is 5.37. The Kier molecular flexibility index (Phi) is 6.15. The Morgan fingerprint density at radius 2 is 1.72 bits per heavy atom. The van der Waals surface area contributed by atoms with Gasteiger partial charge in [0.2, 0.25) is 5.91 Å². The van der Waals surface area contributed by atoms with Crippen molar-refractivity contribution in [2.24, 2.45) is 45.3 Å². The second-order valence-electron chi connectivity index (χ2n) is 14.4. The van der Waals surface area contributed by atoms with Crippen molar-refractivity contribution in [2.75, 3.05) is 7.11 Å². The van der Waals surface area contributed by atoms with Gasteiger partial charge in [-0.05, 0) is 80.6 Å². The lowest BCUT2D eigenvalue weighted by atomic mass is 9.39. The topological polar surface area (TPSA) is 113 Å². The monoisotopic (exact) mass is 534 g/mol. The highest BCUT2D eigenvalue weighted by molar-refractivity contribution is 6.08. The lowest BCUT2D eigenvalue weighted by molar-refractivity contribution is -0.178. The molecular weight excluding hydrogens is 492 g/mol. The van der Waals surface area contributed by atoms with Crippen molar-refractivity contribution >= 4 is 23.4 Å². The van der Waals surface area contributed by atoms with Gasteiger partial charge in [0.15, 0.2) is 11.6 Å². The number of esters is 1. The fraction of sp³-hybridized carbons (Fsp3) is 0.719. The number of hydrogen-bond acceptors (Lipinski definition) is 6. The molecule has 8 atom stereocenters. The van der Waals surface area contributed by atoms with Crippen LogP contribution in [0.15, 0.2) is 23.3 Å². The summed E-state index contributed by atoms with van der Waals surface area (Å²) in [6.45, 7) is 11.9. The maximum Gasteiger partial charge on any atom is 0.312 e. The van der Waals surface area contributed by atoms with Crippen molar-refractivity contribution in [3.05, 3.63) is 23.3 Å². The van der Waals surface area contributed by atoms with Crippen LogP contribution in [0.1, 0.15) is 86.5 Å². The summed E-state index contributed by atoms with van der Waals surface area (Å²) >= 11 is 0. The fourth-order valence-corrected chi connectivity index (χ4v) is 10.1. The molecule has 5 aliphatic carbocycles. The highest BCUT2D eigenvalue weighted by Gasteiger charge is 2.67. The second-order valence-corrected chi connectivity index (χ2v) is 14.4. The van der Waals surface area contributed by atoms with Gasteiger partial charge in [0.05, 0.1) is 18.1 Å². The predicted molar refractivity (Wildman–Crippen MR) is 145 cm³/mol. The van der Waals surface area contributed by atoms with Crippen molar-refractivity contribution in [1.29, 1.82) is 5.26 Å². The quantitative estimate of drug-likeness (QED) is 0.506. The van der Waals surface area contributed by atoms with Crippen LogP contribution >= 0.6 is 0 Å². The lowest BCUT2D eigenvalue weighted by Gasteiger charge is -2.64. The highest BCUT2D eigenvalue weighted by atomic mass is 16.5. The van der Waals surface area contributed by atoms with E-state index in [4.69, 9.17) is 4.74 Å². The summed E-state index contributed by atoms with van der Waals surface area (Å²) in [4.78, 5) is 53.3. The van der Waals surface area contributed by atoms with Gasteiger partial charge >= 0.3 is 5.97 Å². The van der Waals surface area contributed by atoms with Crippen LogP contribution in [0.2, 0.25) is 0 Å². The minimum Gasteiger partial charge on any atom is -0.469 e. The van der Waals surface area contributed by atoms with Gasteiger partial charge in [0.1, 0.15) is 11.6 Å². The first-order valence-electron chi connectivity index (χ1n) is 14.4. The largest absolute Gasteiger partial charge is 0.469 e. The van der Waals surface area contributed by atoms with Crippen LogP contribution in [0.3, 0.4) is 0 Å². The molecule has 0 aliphatic heterocycles. The third-order valence-corrected chi connectivity index (χ3v) is 11.8. The van der Waals surface area contributed by atoms with Crippen molar-refractivity contribution in [3.8, 4) is 6.07 Å². The Labute approximate surface area is 231 Å². The number of rotatable bonds is 2. The zero-order valence-corrected chi connectivity index (χ0v) is 24.4. The average molecular weight is 535 g/mol. The number of carbonyl (C=O) groups excluding carboxylic acids is 4. The summed E-state index contributed by atoms with van der Waals surface area (Å²) in [5, 5.41) is 12.8. The van der Waals surface area contributed by atoms with Crippen molar-refractivity contribution in [2.45, 2.75) is 92.0 Å². The normalized spacial score (nSPS) is 44.3. The second kappa shape index (κ2) is 8.62. The molecule has 0 aromatic carbocycles. The molecule has 0 heterocycles. The van der Waals surface area contributed by atoms with Gasteiger partial charge in [-0.1, -0.05) is 39.3 Å². The molecule has 5 aliphatic rings. The Morgan fingerprint density at radius 1 is 1.03 bits per heavy atom. The number of nitrogens with zero attached hydrogens (tertiary/aromatic N) is 1. The molecule has 0 radical (unpaired) electrons. The summed E-state index contributed by atoms with van der Waals surface area (Å²) in [6, 6.07) is 2.08. The number of methoxy groups -OCH3 is 1. The Hall–Kier alpha value is -2.75. The minimum atomic E-state index is -1.23. The number of ketones is 2. The van der Waals surface area contributed by atoms with Crippen LogP contribution in [0.25, 0.3) is 0 Å². The van der Waals surface area contributed by atoms with E-state index in [0.717, 1.165) is 37.7 Å². The van der Waals surface area contributed by atoms with Crippen LogP contribution < -0.4 is 5.32 Å². The Morgan fingerprint density at radius 3 is 2.33 bits per heavy atom. The molecule has 0 saturated heterocycles. The number of nitriles is 1. The van der Waals surface area contributed by atoms with Crippen molar-refractivity contribution in [1.82, 2.24) is 5.32 Å². The molecule has 39 heavy (non-hydrogen) atoms. The van der Waals surface area contributed by atoms with Gasteiger partial charge in [-0.2, -0.15) is 5.26 Å². The number of ether oxygens (including phenoxy) is 1. The zero-order chi connectivity index (χ0) is 28.8. The summed E-state index contributed by atoms with van der Waals surface area (Å²) in [7, 11) is 1.46. The third-order valence-electron chi connectivity index (χ3n) is 11.8. The lowest BCUT2D eigenvalue weighted by Crippen LogP contribution is -2.67. The van der Waals surface area contributed by atoms with Crippen LogP contribution in [0, 0.1) is 56.7 Å². The van der Waals surface area contributed by atoms with Gasteiger partial charge in [0, 0.05) is 24.2 Å².